The molecule has 0 aromatic heterocycles. The summed E-state index contributed by atoms with van der Waals surface area (Å²) in [5.41, 5.74) is 1.43. The van der Waals surface area contributed by atoms with Crippen molar-refractivity contribution in [3.05, 3.63) is 50.7 Å². The second-order valence-electron chi connectivity index (χ2n) is 2.95. The molecule has 0 unspecified atom stereocenters. The molecule has 0 saturated carbocycles. The van der Waals surface area contributed by atoms with Gasteiger partial charge in [0, 0.05) is 23.1 Å². The van der Waals surface area contributed by atoms with Crippen molar-refractivity contribution in [3.8, 4) is 0 Å². The Bertz CT molecular complexity index is 399. The molecule has 0 N–H and O–H groups in total. The van der Waals surface area contributed by atoms with E-state index in [0.717, 1.165) is 0 Å². The molecule has 1 aromatic carbocycles. The van der Waals surface area contributed by atoms with Crippen LogP contribution in [0.5, 0.6) is 0 Å². The Labute approximate surface area is 87.2 Å². The molecule has 0 heterocycles. The fourth-order valence-corrected chi connectivity index (χ4v) is 1.37. The molecule has 0 aliphatic carbocycles. The Balaban J connectivity index is 3.25. The Kier molecular flexibility index (Phi) is 3.25. The highest BCUT2D eigenvalue weighted by molar-refractivity contribution is 6.32. The van der Waals surface area contributed by atoms with Gasteiger partial charge in [-0.1, -0.05) is 29.8 Å². The van der Waals surface area contributed by atoms with Crippen molar-refractivity contribution in [1.82, 2.24) is 0 Å². The van der Waals surface area contributed by atoms with Gasteiger partial charge in [0.25, 0.3) is 0 Å². The predicted molar refractivity (Wildman–Crippen MR) is 56.7 cm³/mol. The Morgan fingerprint density at radius 1 is 1.36 bits per heavy atom. The summed E-state index contributed by atoms with van der Waals surface area (Å²) in [4.78, 5) is 10.1. The van der Waals surface area contributed by atoms with E-state index in [1.807, 2.05) is 0 Å². The number of halogens is 1. The SMILES string of the molecule is C/C(=C(\C)[N+](=O)[O-])c1ccccc1Cl. The minimum atomic E-state index is -0.404. The lowest BCUT2D eigenvalue weighted by atomic mass is 10.1. The van der Waals surface area contributed by atoms with Crippen molar-refractivity contribution in [1.29, 1.82) is 0 Å². The highest BCUT2D eigenvalue weighted by atomic mass is 35.5. The molecule has 0 saturated heterocycles. The lowest BCUT2D eigenvalue weighted by Crippen LogP contribution is -1.97. The molecule has 1 rings (SSSR count). The molecule has 3 nitrogen and oxygen atoms in total. The van der Waals surface area contributed by atoms with Crippen LogP contribution in [0.4, 0.5) is 0 Å². The largest absolute Gasteiger partial charge is 0.259 e. The van der Waals surface area contributed by atoms with Crippen molar-refractivity contribution in [2.45, 2.75) is 13.8 Å². The van der Waals surface area contributed by atoms with Gasteiger partial charge in [-0.3, -0.25) is 10.1 Å². The van der Waals surface area contributed by atoms with E-state index < -0.39 is 4.92 Å². The van der Waals surface area contributed by atoms with E-state index in [0.29, 0.717) is 16.2 Å². The van der Waals surface area contributed by atoms with Crippen LogP contribution in [-0.2, 0) is 0 Å². The van der Waals surface area contributed by atoms with Crippen molar-refractivity contribution in [3.63, 3.8) is 0 Å². The van der Waals surface area contributed by atoms with Gasteiger partial charge in [-0.15, -0.1) is 0 Å². The minimum Gasteiger partial charge on any atom is -0.259 e. The van der Waals surface area contributed by atoms with Gasteiger partial charge in [0.05, 0.1) is 4.92 Å². The molecule has 4 heteroatoms. The molecule has 0 amide bonds. The van der Waals surface area contributed by atoms with Crippen molar-refractivity contribution in [2.24, 2.45) is 0 Å². The molecular weight excluding hydrogens is 202 g/mol. The van der Waals surface area contributed by atoms with Crippen LogP contribution in [0.15, 0.2) is 30.0 Å². The maximum Gasteiger partial charge on any atom is 0.246 e. The highest BCUT2D eigenvalue weighted by Gasteiger charge is 2.11. The molecule has 0 radical (unpaired) electrons. The standard InChI is InChI=1S/C10H10ClNO2/c1-7(8(2)12(13)14)9-5-3-4-6-10(9)11/h3-6H,1-2H3/b8-7-. The van der Waals surface area contributed by atoms with Crippen molar-refractivity contribution >= 4 is 17.2 Å². The first kappa shape index (κ1) is 10.7. The van der Waals surface area contributed by atoms with Gasteiger partial charge in [0.2, 0.25) is 5.70 Å². The van der Waals surface area contributed by atoms with Gasteiger partial charge in [-0.25, -0.2) is 0 Å². The molecule has 0 bridgehead atoms. The normalized spacial score (nSPS) is 12.2. The third-order valence-electron chi connectivity index (χ3n) is 2.09. The average Bonchev–Trinajstić information content (AvgIpc) is 2.16. The van der Waals surface area contributed by atoms with Crippen LogP contribution in [0.1, 0.15) is 19.4 Å². The van der Waals surface area contributed by atoms with Crippen LogP contribution in [0.3, 0.4) is 0 Å². The van der Waals surface area contributed by atoms with Crippen LogP contribution in [-0.4, -0.2) is 4.92 Å². The first-order valence-corrected chi connectivity index (χ1v) is 4.48. The van der Waals surface area contributed by atoms with Crippen LogP contribution in [0, 0.1) is 10.1 Å². The van der Waals surface area contributed by atoms with Gasteiger partial charge in [0.1, 0.15) is 0 Å². The van der Waals surface area contributed by atoms with E-state index in [-0.39, 0.29) is 5.70 Å². The number of hydrogen-bond acceptors (Lipinski definition) is 2. The predicted octanol–water partition coefficient (Wildman–Crippen LogP) is 3.37. The van der Waals surface area contributed by atoms with Crippen LogP contribution < -0.4 is 0 Å². The van der Waals surface area contributed by atoms with Crippen LogP contribution in [0.25, 0.3) is 5.57 Å². The maximum atomic E-state index is 10.5. The summed E-state index contributed by atoms with van der Waals surface area (Å²) in [6.45, 7) is 3.16. The summed E-state index contributed by atoms with van der Waals surface area (Å²) in [6, 6.07) is 7.08. The summed E-state index contributed by atoms with van der Waals surface area (Å²) < 4.78 is 0. The molecule has 0 fully saturated rings. The molecule has 0 aliphatic heterocycles. The third-order valence-corrected chi connectivity index (χ3v) is 2.42. The number of nitro groups is 1. The highest BCUT2D eigenvalue weighted by Crippen LogP contribution is 2.25. The summed E-state index contributed by atoms with van der Waals surface area (Å²) in [6.07, 6.45) is 0. The number of rotatable bonds is 2. The monoisotopic (exact) mass is 211 g/mol. The van der Waals surface area contributed by atoms with E-state index in [1.165, 1.54) is 6.92 Å². The molecule has 0 spiro atoms. The second kappa shape index (κ2) is 4.24. The second-order valence-corrected chi connectivity index (χ2v) is 3.35. The molecular formula is C10H10ClNO2. The van der Waals surface area contributed by atoms with Crippen molar-refractivity contribution in [2.75, 3.05) is 0 Å². The molecule has 0 aliphatic rings. The molecule has 0 atom stereocenters. The van der Waals surface area contributed by atoms with Gasteiger partial charge >= 0.3 is 0 Å². The molecule has 1 aromatic rings. The number of benzene rings is 1. The maximum absolute atomic E-state index is 10.5. The Morgan fingerprint density at radius 2 is 1.93 bits per heavy atom. The van der Waals surface area contributed by atoms with Gasteiger partial charge in [0.15, 0.2) is 0 Å². The summed E-state index contributed by atoms with van der Waals surface area (Å²) in [5, 5.41) is 11.1. The Morgan fingerprint density at radius 3 is 2.43 bits per heavy atom. The van der Waals surface area contributed by atoms with E-state index in [2.05, 4.69) is 0 Å². The number of nitrogens with zero attached hydrogens (tertiary/aromatic N) is 1. The Hall–Kier alpha value is -1.35. The van der Waals surface area contributed by atoms with Crippen LogP contribution >= 0.6 is 11.6 Å². The lowest BCUT2D eigenvalue weighted by Gasteiger charge is -2.03. The van der Waals surface area contributed by atoms with Crippen LogP contribution in [0.2, 0.25) is 5.02 Å². The first-order valence-electron chi connectivity index (χ1n) is 4.11. The lowest BCUT2D eigenvalue weighted by molar-refractivity contribution is -0.423. The number of allylic oxidation sites excluding steroid dienone is 2. The van der Waals surface area contributed by atoms with Gasteiger partial charge in [-0.05, 0) is 13.0 Å². The van der Waals surface area contributed by atoms with Gasteiger partial charge < -0.3 is 0 Å². The van der Waals surface area contributed by atoms with Gasteiger partial charge in [-0.2, -0.15) is 0 Å². The van der Waals surface area contributed by atoms with E-state index in [1.54, 1.807) is 31.2 Å². The smallest absolute Gasteiger partial charge is 0.246 e. The quantitative estimate of drug-likeness (QED) is 0.556. The fourth-order valence-electron chi connectivity index (χ4n) is 1.10. The zero-order chi connectivity index (χ0) is 10.7. The number of hydrogen-bond donors (Lipinski definition) is 0. The molecule has 14 heavy (non-hydrogen) atoms. The summed E-state index contributed by atoms with van der Waals surface area (Å²) in [7, 11) is 0. The fraction of sp³-hybridized carbons (Fsp3) is 0.200. The summed E-state index contributed by atoms with van der Waals surface area (Å²) in [5.74, 6) is 0. The topological polar surface area (TPSA) is 43.1 Å². The van der Waals surface area contributed by atoms with E-state index >= 15 is 0 Å². The zero-order valence-electron chi connectivity index (χ0n) is 7.95. The summed E-state index contributed by atoms with van der Waals surface area (Å²) >= 11 is 5.91. The first-order chi connectivity index (χ1) is 6.54. The van der Waals surface area contributed by atoms with Crippen molar-refractivity contribution < 1.29 is 4.92 Å². The average molecular weight is 212 g/mol. The van der Waals surface area contributed by atoms with E-state index in [9.17, 15) is 10.1 Å². The molecule has 74 valence electrons. The minimum absolute atomic E-state index is 0.123. The third kappa shape index (κ3) is 2.12. The zero-order valence-corrected chi connectivity index (χ0v) is 8.71. The van der Waals surface area contributed by atoms with E-state index in [4.69, 9.17) is 11.6 Å².